The standard InChI is InChI=1S/C25H30N4O4S/c1-3-5-6-10-16-28(25-26-21(18-34-25)19-11-8-7-9-12-19)23(31)17-33-24(32)20-13-14-22(30)29(27-20)15-4-2/h7-9,11-14,18H,3-6,10,15-17H2,1-2H3. The average Bonchev–Trinajstić information content (AvgIpc) is 3.34. The van der Waals surface area contributed by atoms with Crippen LogP contribution in [0.4, 0.5) is 5.13 Å². The smallest absolute Gasteiger partial charge is 0.359 e. The third-order valence-electron chi connectivity index (χ3n) is 5.17. The van der Waals surface area contributed by atoms with Crippen LogP contribution in [0.3, 0.4) is 0 Å². The molecule has 2 aromatic heterocycles. The minimum Gasteiger partial charge on any atom is -0.451 e. The number of aryl methyl sites for hydroxylation is 1. The maximum Gasteiger partial charge on any atom is 0.359 e. The van der Waals surface area contributed by atoms with Crippen molar-refractivity contribution in [2.45, 2.75) is 52.5 Å². The van der Waals surface area contributed by atoms with Gasteiger partial charge in [-0.05, 0) is 18.9 Å². The predicted molar refractivity (Wildman–Crippen MR) is 133 cm³/mol. The number of hydrogen-bond donors (Lipinski definition) is 0. The van der Waals surface area contributed by atoms with E-state index in [2.05, 4.69) is 17.0 Å². The fourth-order valence-corrected chi connectivity index (χ4v) is 4.24. The molecule has 0 radical (unpaired) electrons. The van der Waals surface area contributed by atoms with Gasteiger partial charge in [0.25, 0.3) is 11.5 Å². The van der Waals surface area contributed by atoms with Crippen molar-refractivity contribution in [2.24, 2.45) is 0 Å². The van der Waals surface area contributed by atoms with E-state index in [1.165, 1.54) is 28.2 Å². The van der Waals surface area contributed by atoms with Crippen molar-refractivity contribution in [1.82, 2.24) is 14.8 Å². The topological polar surface area (TPSA) is 94.4 Å². The van der Waals surface area contributed by atoms with Gasteiger partial charge in [-0.3, -0.25) is 14.5 Å². The molecule has 8 nitrogen and oxygen atoms in total. The summed E-state index contributed by atoms with van der Waals surface area (Å²) in [5, 5.41) is 6.54. The van der Waals surface area contributed by atoms with Gasteiger partial charge in [-0.15, -0.1) is 11.3 Å². The van der Waals surface area contributed by atoms with Crippen molar-refractivity contribution >= 4 is 28.3 Å². The third kappa shape index (κ3) is 6.84. The summed E-state index contributed by atoms with van der Waals surface area (Å²) in [7, 11) is 0. The summed E-state index contributed by atoms with van der Waals surface area (Å²) in [5.74, 6) is -1.09. The van der Waals surface area contributed by atoms with Crippen LogP contribution < -0.4 is 10.5 Å². The largest absolute Gasteiger partial charge is 0.451 e. The number of carbonyl (C=O) groups is 2. The molecule has 1 amide bonds. The van der Waals surface area contributed by atoms with Crippen molar-refractivity contribution in [3.63, 3.8) is 0 Å². The van der Waals surface area contributed by atoms with Gasteiger partial charge in [0.05, 0.1) is 5.69 Å². The number of nitrogens with zero attached hydrogens (tertiary/aromatic N) is 4. The van der Waals surface area contributed by atoms with Crippen LogP contribution in [0, 0.1) is 0 Å². The zero-order valence-electron chi connectivity index (χ0n) is 19.6. The Balaban J connectivity index is 1.70. The molecule has 2 heterocycles. The maximum atomic E-state index is 13.1. The van der Waals surface area contributed by atoms with E-state index in [0.29, 0.717) is 24.6 Å². The Morgan fingerprint density at radius 2 is 1.82 bits per heavy atom. The van der Waals surface area contributed by atoms with E-state index in [1.54, 1.807) is 4.90 Å². The molecule has 34 heavy (non-hydrogen) atoms. The summed E-state index contributed by atoms with van der Waals surface area (Å²) in [6, 6.07) is 12.4. The number of ether oxygens (including phenoxy) is 1. The molecule has 0 aliphatic heterocycles. The summed E-state index contributed by atoms with van der Waals surface area (Å²) >= 11 is 1.39. The van der Waals surface area contributed by atoms with Crippen molar-refractivity contribution < 1.29 is 14.3 Å². The predicted octanol–water partition coefficient (Wildman–Crippen LogP) is 4.55. The van der Waals surface area contributed by atoms with Crippen LogP contribution in [0.1, 0.15) is 56.4 Å². The second-order valence-corrected chi connectivity index (χ2v) is 8.68. The molecule has 3 aromatic rings. The Labute approximate surface area is 203 Å². The first-order valence-electron chi connectivity index (χ1n) is 11.6. The van der Waals surface area contributed by atoms with E-state index in [0.717, 1.165) is 36.9 Å². The molecule has 0 unspecified atom stereocenters. The van der Waals surface area contributed by atoms with Crippen LogP contribution in [0.25, 0.3) is 11.3 Å². The van der Waals surface area contributed by atoms with Gasteiger partial charge in [0.2, 0.25) is 0 Å². The lowest BCUT2D eigenvalue weighted by Gasteiger charge is -2.19. The molecule has 3 rings (SSSR count). The second kappa shape index (κ2) is 12.8. The normalized spacial score (nSPS) is 10.8. The minimum atomic E-state index is -0.742. The Morgan fingerprint density at radius 1 is 1.03 bits per heavy atom. The van der Waals surface area contributed by atoms with Gasteiger partial charge < -0.3 is 4.74 Å². The highest BCUT2D eigenvalue weighted by molar-refractivity contribution is 7.14. The third-order valence-corrected chi connectivity index (χ3v) is 6.03. The molecule has 1 aromatic carbocycles. The summed E-state index contributed by atoms with van der Waals surface area (Å²) in [6.45, 7) is 4.51. The van der Waals surface area contributed by atoms with Gasteiger partial charge in [0.15, 0.2) is 17.4 Å². The molecule has 0 saturated carbocycles. The number of aromatic nitrogens is 3. The van der Waals surface area contributed by atoms with Crippen molar-refractivity contribution in [3.05, 3.63) is 63.9 Å². The molecule has 0 aliphatic rings. The highest BCUT2D eigenvalue weighted by Crippen LogP contribution is 2.28. The fraction of sp³-hybridized carbons (Fsp3) is 0.400. The zero-order valence-corrected chi connectivity index (χ0v) is 20.4. The molecule has 0 bridgehead atoms. The van der Waals surface area contributed by atoms with Crippen molar-refractivity contribution in [2.75, 3.05) is 18.1 Å². The van der Waals surface area contributed by atoms with E-state index in [1.807, 2.05) is 42.6 Å². The van der Waals surface area contributed by atoms with E-state index >= 15 is 0 Å². The lowest BCUT2D eigenvalue weighted by Crippen LogP contribution is -2.36. The highest BCUT2D eigenvalue weighted by atomic mass is 32.1. The van der Waals surface area contributed by atoms with Gasteiger partial charge in [-0.25, -0.2) is 14.5 Å². The highest BCUT2D eigenvalue weighted by Gasteiger charge is 2.22. The van der Waals surface area contributed by atoms with E-state index in [-0.39, 0.29) is 17.2 Å². The molecule has 0 fully saturated rings. The number of amides is 1. The van der Waals surface area contributed by atoms with E-state index < -0.39 is 12.6 Å². The lowest BCUT2D eigenvalue weighted by atomic mass is 10.2. The van der Waals surface area contributed by atoms with Gasteiger partial charge in [0.1, 0.15) is 0 Å². The summed E-state index contributed by atoms with van der Waals surface area (Å²) in [5.41, 5.74) is 1.48. The summed E-state index contributed by atoms with van der Waals surface area (Å²) < 4.78 is 6.47. The number of thiazole rings is 1. The number of rotatable bonds is 12. The molecule has 9 heteroatoms. The minimum absolute atomic E-state index is 0.00374. The lowest BCUT2D eigenvalue weighted by molar-refractivity contribution is -0.121. The molecular formula is C25H30N4O4S. The van der Waals surface area contributed by atoms with Gasteiger partial charge in [-0.1, -0.05) is 63.4 Å². The van der Waals surface area contributed by atoms with Crippen LogP contribution >= 0.6 is 11.3 Å². The first-order valence-corrected chi connectivity index (χ1v) is 12.5. The molecule has 0 N–H and O–H groups in total. The molecule has 0 atom stereocenters. The molecule has 0 saturated heterocycles. The molecular weight excluding hydrogens is 452 g/mol. The molecule has 0 aliphatic carbocycles. The first-order chi connectivity index (χ1) is 16.5. The van der Waals surface area contributed by atoms with Crippen LogP contribution in [0.15, 0.2) is 52.6 Å². The molecule has 180 valence electrons. The van der Waals surface area contributed by atoms with Crippen molar-refractivity contribution in [1.29, 1.82) is 0 Å². The van der Waals surface area contributed by atoms with Crippen LogP contribution in [0.2, 0.25) is 0 Å². The number of hydrogen-bond acceptors (Lipinski definition) is 7. The quantitative estimate of drug-likeness (QED) is 0.278. The van der Waals surface area contributed by atoms with Gasteiger partial charge >= 0.3 is 5.97 Å². The second-order valence-electron chi connectivity index (χ2n) is 7.84. The van der Waals surface area contributed by atoms with Gasteiger partial charge in [-0.2, -0.15) is 5.10 Å². The van der Waals surface area contributed by atoms with Crippen LogP contribution in [-0.2, 0) is 16.1 Å². The number of unbranched alkanes of at least 4 members (excludes halogenated alkanes) is 3. The Hall–Kier alpha value is -3.33. The zero-order chi connectivity index (χ0) is 24.3. The first kappa shape index (κ1) is 25.3. The SMILES string of the molecule is CCCCCCN(C(=O)COC(=O)c1ccc(=O)n(CCC)n1)c1nc(-c2ccccc2)cs1. The van der Waals surface area contributed by atoms with Gasteiger partial charge in [0, 0.05) is 30.1 Å². The monoisotopic (exact) mass is 482 g/mol. The Kier molecular flexibility index (Phi) is 9.51. The summed E-state index contributed by atoms with van der Waals surface area (Å²) in [6.07, 6.45) is 4.71. The fourth-order valence-electron chi connectivity index (χ4n) is 3.36. The molecule has 0 spiro atoms. The maximum absolute atomic E-state index is 13.1. The van der Waals surface area contributed by atoms with Crippen LogP contribution in [-0.4, -0.2) is 39.8 Å². The Bertz CT molecular complexity index is 1140. The summed E-state index contributed by atoms with van der Waals surface area (Å²) in [4.78, 5) is 43.6. The van der Waals surface area contributed by atoms with E-state index in [9.17, 15) is 14.4 Å². The number of carbonyl (C=O) groups excluding carboxylic acids is 2. The number of esters is 1. The van der Waals surface area contributed by atoms with Crippen molar-refractivity contribution in [3.8, 4) is 11.3 Å². The number of benzene rings is 1. The Morgan fingerprint density at radius 3 is 2.56 bits per heavy atom. The van der Waals surface area contributed by atoms with E-state index in [4.69, 9.17) is 4.74 Å². The number of anilines is 1. The van der Waals surface area contributed by atoms with Crippen LogP contribution in [0.5, 0.6) is 0 Å². The average molecular weight is 483 g/mol.